The van der Waals surface area contributed by atoms with Crippen LogP contribution in [0.15, 0.2) is 58.2 Å². The molecule has 31 heavy (non-hydrogen) atoms. The third-order valence-electron chi connectivity index (χ3n) is 4.27. The second kappa shape index (κ2) is 10.6. The van der Waals surface area contributed by atoms with Gasteiger partial charge in [-0.05, 0) is 47.9 Å². The second-order valence-electron chi connectivity index (χ2n) is 6.88. The molecular weight excluding hydrogens is 418 g/mol. The Balaban J connectivity index is 1.44. The number of thioether (sulfide) groups is 1. The molecule has 2 aromatic carbocycles. The number of nitrogens with zero attached hydrogens (tertiary/aromatic N) is 2. The smallest absolute Gasteiger partial charge is 0.337 e. The van der Waals surface area contributed by atoms with E-state index < -0.39 is 5.97 Å². The molecule has 0 radical (unpaired) electrons. The average molecular weight is 442 g/mol. The van der Waals surface area contributed by atoms with Gasteiger partial charge in [-0.3, -0.25) is 4.79 Å². The highest BCUT2D eigenvalue weighted by Gasteiger charge is 2.11. The molecule has 1 N–H and O–H groups in total. The zero-order valence-corrected chi connectivity index (χ0v) is 18.3. The average Bonchev–Trinajstić information content (AvgIpc) is 3.24. The Morgan fingerprint density at radius 2 is 1.77 bits per heavy atom. The standard InChI is InChI=1S/C22H23N3O5S/c1-14(2)15-6-10-18(11-7-15)29-12-20-24-25-22(30-20)31-13-19(26)23-17-8-4-16(5-9-17)21(27)28-3/h4-11,14H,12-13H2,1-3H3,(H,23,26). The zero-order valence-electron chi connectivity index (χ0n) is 17.5. The molecule has 1 heterocycles. The maximum absolute atomic E-state index is 12.1. The van der Waals surface area contributed by atoms with Crippen molar-refractivity contribution in [3.63, 3.8) is 0 Å². The largest absolute Gasteiger partial charge is 0.484 e. The van der Waals surface area contributed by atoms with Crippen LogP contribution in [-0.4, -0.2) is 34.9 Å². The van der Waals surface area contributed by atoms with E-state index in [0.717, 1.165) is 17.5 Å². The van der Waals surface area contributed by atoms with E-state index in [-0.39, 0.29) is 23.5 Å². The predicted octanol–water partition coefficient (Wildman–Crippen LogP) is 4.29. The molecule has 0 atom stereocenters. The van der Waals surface area contributed by atoms with Crippen LogP contribution in [0, 0.1) is 0 Å². The number of aromatic nitrogens is 2. The van der Waals surface area contributed by atoms with E-state index >= 15 is 0 Å². The molecule has 0 fully saturated rings. The number of ether oxygens (including phenoxy) is 2. The summed E-state index contributed by atoms with van der Waals surface area (Å²) in [5.74, 6) is 0.927. The molecule has 8 nitrogen and oxygen atoms in total. The Kier molecular flexibility index (Phi) is 7.66. The quantitative estimate of drug-likeness (QED) is 0.387. The van der Waals surface area contributed by atoms with Gasteiger partial charge in [0.15, 0.2) is 6.61 Å². The monoisotopic (exact) mass is 441 g/mol. The van der Waals surface area contributed by atoms with Crippen molar-refractivity contribution in [1.82, 2.24) is 10.2 Å². The Labute approximate surface area is 184 Å². The molecule has 0 aliphatic heterocycles. The Bertz CT molecular complexity index is 1020. The summed E-state index contributed by atoms with van der Waals surface area (Å²) in [6.07, 6.45) is 0. The number of carbonyl (C=O) groups excluding carboxylic acids is 2. The van der Waals surface area contributed by atoms with Gasteiger partial charge in [0.25, 0.3) is 11.1 Å². The number of hydrogen-bond acceptors (Lipinski definition) is 8. The van der Waals surface area contributed by atoms with Gasteiger partial charge in [-0.2, -0.15) is 0 Å². The van der Waals surface area contributed by atoms with Crippen LogP contribution >= 0.6 is 11.8 Å². The van der Waals surface area contributed by atoms with Crippen LogP contribution in [0.3, 0.4) is 0 Å². The summed E-state index contributed by atoms with van der Waals surface area (Å²) in [5.41, 5.74) is 2.22. The van der Waals surface area contributed by atoms with Crippen LogP contribution in [0.25, 0.3) is 0 Å². The first-order chi connectivity index (χ1) is 14.9. The van der Waals surface area contributed by atoms with Crippen molar-refractivity contribution >= 4 is 29.3 Å². The van der Waals surface area contributed by atoms with Gasteiger partial charge < -0.3 is 19.2 Å². The van der Waals surface area contributed by atoms with Gasteiger partial charge in [-0.25, -0.2) is 4.79 Å². The molecule has 0 spiro atoms. The summed E-state index contributed by atoms with van der Waals surface area (Å²) < 4.78 is 15.8. The van der Waals surface area contributed by atoms with Crippen LogP contribution in [0.4, 0.5) is 5.69 Å². The fourth-order valence-corrected chi connectivity index (χ4v) is 3.16. The first kappa shape index (κ1) is 22.4. The van der Waals surface area contributed by atoms with Crippen molar-refractivity contribution in [3.8, 4) is 5.75 Å². The topological polar surface area (TPSA) is 104 Å². The van der Waals surface area contributed by atoms with Crippen molar-refractivity contribution in [2.75, 3.05) is 18.2 Å². The molecule has 0 unspecified atom stereocenters. The van der Waals surface area contributed by atoms with E-state index in [1.807, 2.05) is 24.3 Å². The maximum Gasteiger partial charge on any atom is 0.337 e. The highest BCUT2D eigenvalue weighted by molar-refractivity contribution is 7.99. The lowest BCUT2D eigenvalue weighted by Crippen LogP contribution is -2.14. The van der Waals surface area contributed by atoms with Crippen molar-refractivity contribution in [2.45, 2.75) is 31.6 Å². The number of carbonyl (C=O) groups is 2. The van der Waals surface area contributed by atoms with Crippen molar-refractivity contribution < 1.29 is 23.5 Å². The molecule has 0 aliphatic carbocycles. The van der Waals surface area contributed by atoms with Crippen molar-refractivity contribution in [3.05, 3.63) is 65.5 Å². The zero-order chi connectivity index (χ0) is 22.2. The fraction of sp³-hybridized carbons (Fsp3) is 0.273. The van der Waals surface area contributed by atoms with Gasteiger partial charge in [-0.15, -0.1) is 10.2 Å². The Morgan fingerprint density at radius 1 is 1.06 bits per heavy atom. The van der Waals surface area contributed by atoms with Crippen molar-refractivity contribution in [2.24, 2.45) is 0 Å². The van der Waals surface area contributed by atoms with E-state index in [1.165, 1.54) is 12.7 Å². The predicted molar refractivity (Wildman–Crippen MR) is 116 cm³/mol. The first-order valence-corrected chi connectivity index (χ1v) is 10.6. The molecule has 0 bridgehead atoms. The van der Waals surface area contributed by atoms with Crippen LogP contribution in [0.5, 0.6) is 5.75 Å². The van der Waals surface area contributed by atoms with Crippen molar-refractivity contribution in [1.29, 1.82) is 0 Å². The second-order valence-corrected chi connectivity index (χ2v) is 7.81. The van der Waals surface area contributed by atoms with E-state index in [2.05, 4.69) is 34.1 Å². The van der Waals surface area contributed by atoms with E-state index in [4.69, 9.17) is 9.15 Å². The minimum atomic E-state index is -0.433. The summed E-state index contributed by atoms with van der Waals surface area (Å²) in [6, 6.07) is 14.3. The van der Waals surface area contributed by atoms with Crippen LogP contribution in [0.2, 0.25) is 0 Å². The first-order valence-electron chi connectivity index (χ1n) is 9.60. The molecule has 3 aromatic rings. The lowest BCUT2D eigenvalue weighted by Gasteiger charge is -2.07. The molecule has 0 aliphatic rings. The highest BCUT2D eigenvalue weighted by Crippen LogP contribution is 2.21. The van der Waals surface area contributed by atoms with Crippen LogP contribution in [-0.2, 0) is 16.1 Å². The van der Waals surface area contributed by atoms with Gasteiger partial charge >= 0.3 is 5.97 Å². The molecule has 0 saturated heterocycles. The molecule has 3 rings (SSSR count). The normalized spacial score (nSPS) is 10.7. The molecular formula is C22H23N3O5S. The SMILES string of the molecule is COC(=O)c1ccc(NC(=O)CSc2nnc(COc3ccc(C(C)C)cc3)o2)cc1. The number of amides is 1. The van der Waals surface area contributed by atoms with Gasteiger partial charge in [0.1, 0.15) is 5.75 Å². The molecule has 1 aromatic heterocycles. The lowest BCUT2D eigenvalue weighted by molar-refractivity contribution is -0.113. The maximum atomic E-state index is 12.1. The van der Waals surface area contributed by atoms with Gasteiger partial charge in [0, 0.05) is 5.69 Å². The number of esters is 1. The Morgan fingerprint density at radius 3 is 2.42 bits per heavy atom. The lowest BCUT2D eigenvalue weighted by atomic mass is 10.0. The van der Waals surface area contributed by atoms with E-state index in [9.17, 15) is 9.59 Å². The number of anilines is 1. The summed E-state index contributed by atoms with van der Waals surface area (Å²) >= 11 is 1.13. The summed E-state index contributed by atoms with van der Waals surface area (Å²) in [6.45, 7) is 4.41. The van der Waals surface area contributed by atoms with Gasteiger partial charge in [0.05, 0.1) is 18.4 Å². The van der Waals surface area contributed by atoms with Gasteiger partial charge in [0.2, 0.25) is 5.91 Å². The molecule has 9 heteroatoms. The van der Waals surface area contributed by atoms with Gasteiger partial charge in [-0.1, -0.05) is 37.7 Å². The molecule has 1 amide bonds. The fourth-order valence-electron chi connectivity index (χ4n) is 2.58. The molecule has 0 saturated carbocycles. The summed E-state index contributed by atoms with van der Waals surface area (Å²) in [7, 11) is 1.31. The number of methoxy groups -OCH3 is 1. The summed E-state index contributed by atoms with van der Waals surface area (Å²) in [5, 5.41) is 10.9. The van der Waals surface area contributed by atoms with Crippen LogP contribution < -0.4 is 10.1 Å². The third kappa shape index (κ3) is 6.58. The molecule has 162 valence electrons. The number of nitrogens with one attached hydrogen (secondary N) is 1. The van der Waals surface area contributed by atoms with Crippen LogP contribution in [0.1, 0.15) is 41.6 Å². The number of rotatable bonds is 9. The highest BCUT2D eigenvalue weighted by atomic mass is 32.2. The number of hydrogen-bond donors (Lipinski definition) is 1. The summed E-state index contributed by atoms with van der Waals surface area (Å²) in [4.78, 5) is 23.5. The van der Waals surface area contributed by atoms with E-state index in [0.29, 0.717) is 23.1 Å². The third-order valence-corrected chi connectivity index (χ3v) is 5.09. The minimum absolute atomic E-state index is 0.0951. The van der Waals surface area contributed by atoms with E-state index in [1.54, 1.807) is 24.3 Å². The number of benzene rings is 2. The Hall–Kier alpha value is -3.33. The minimum Gasteiger partial charge on any atom is -0.484 e.